The average molecular weight is 292 g/mol. The molecule has 1 aromatic heterocycles. The Balaban J connectivity index is 2.19. The van der Waals surface area contributed by atoms with E-state index in [1.165, 1.54) is 19.5 Å². The van der Waals surface area contributed by atoms with Gasteiger partial charge in [0.15, 0.2) is 0 Å². The fourth-order valence-corrected chi connectivity index (χ4v) is 2.79. The van der Waals surface area contributed by atoms with Gasteiger partial charge in [-0.1, -0.05) is 12.8 Å². The van der Waals surface area contributed by atoms with Gasteiger partial charge >= 0.3 is 5.97 Å². The first-order valence-electron chi connectivity index (χ1n) is 7.01. The third kappa shape index (κ3) is 2.99. The molecule has 0 bridgehead atoms. The lowest BCUT2D eigenvalue weighted by atomic mass is 9.71. The number of hydrogen-bond donors (Lipinski definition) is 2. The summed E-state index contributed by atoms with van der Waals surface area (Å²) in [7, 11) is 1.47. The molecule has 0 aliphatic heterocycles. The topological polar surface area (TPSA) is 88.5 Å². The van der Waals surface area contributed by atoms with Crippen molar-refractivity contribution in [2.75, 3.05) is 7.11 Å². The zero-order valence-corrected chi connectivity index (χ0v) is 12.3. The van der Waals surface area contributed by atoms with Crippen LogP contribution in [0.2, 0.25) is 0 Å². The molecule has 2 atom stereocenters. The number of methoxy groups -OCH3 is 1. The van der Waals surface area contributed by atoms with Crippen molar-refractivity contribution < 1.29 is 19.4 Å². The molecule has 1 fully saturated rings. The summed E-state index contributed by atoms with van der Waals surface area (Å²) in [6, 6.07) is 1.18. The van der Waals surface area contributed by atoms with Crippen molar-refractivity contribution in [3.8, 4) is 5.75 Å². The monoisotopic (exact) mass is 292 g/mol. The van der Waals surface area contributed by atoms with Crippen LogP contribution in [0.3, 0.4) is 0 Å². The Bertz CT molecular complexity index is 546. The van der Waals surface area contributed by atoms with E-state index in [4.69, 9.17) is 4.74 Å². The smallest absolute Gasteiger partial charge is 0.311 e. The Morgan fingerprint density at radius 1 is 1.48 bits per heavy atom. The first kappa shape index (κ1) is 15.3. The number of aromatic nitrogens is 1. The summed E-state index contributed by atoms with van der Waals surface area (Å²) >= 11 is 0. The van der Waals surface area contributed by atoms with Gasteiger partial charge in [-0.05, 0) is 25.8 Å². The molecule has 6 heteroatoms. The number of hydrogen-bond acceptors (Lipinski definition) is 4. The van der Waals surface area contributed by atoms with Crippen molar-refractivity contribution in [3.63, 3.8) is 0 Å². The summed E-state index contributed by atoms with van der Waals surface area (Å²) in [5, 5.41) is 12.3. The maximum Gasteiger partial charge on any atom is 0.311 e. The number of nitrogens with one attached hydrogen (secondary N) is 1. The molecule has 0 saturated heterocycles. The van der Waals surface area contributed by atoms with Gasteiger partial charge in [-0.3, -0.25) is 14.6 Å². The predicted octanol–water partition coefficient (Wildman–Crippen LogP) is 1.85. The van der Waals surface area contributed by atoms with Crippen molar-refractivity contribution in [2.45, 2.75) is 38.6 Å². The van der Waals surface area contributed by atoms with E-state index in [9.17, 15) is 14.7 Å². The number of ether oxygens (including phenoxy) is 1. The molecule has 1 amide bonds. The van der Waals surface area contributed by atoms with Gasteiger partial charge in [0.05, 0.1) is 24.3 Å². The summed E-state index contributed by atoms with van der Waals surface area (Å²) in [5.41, 5.74) is -0.556. The van der Waals surface area contributed by atoms with Crippen LogP contribution in [0.4, 0.5) is 0 Å². The Morgan fingerprint density at radius 2 is 2.24 bits per heavy atom. The van der Waals surface area contributed by atoms with Crippen molar-refractivity contribution in [2.24, 2.45) is 5.41 Å². The Labute approximate surface area is 123 Å². The van der Waals surface area contributed by atoms with Gasteiger partial charge in [-0.25, -0.2) is 0 Å². The number of carbonyl (C=O) groups excluding carboxylic acids is 1. The molecule has 0 spiro atoms. The highest BCUT2D eigenvalue weighted by atomic mass is 16.5. The van der Waals surface area contributed by atoms with Crippen molar-refractivity contribution in [1.82, 2.24) is 10.3 Å². The van der Waals surface area contributed by atoms with Gasteiger partial charge in [-0.15, -0.1) is 0 Å². The molecule has 2 unspecified atom stereocenters. The number of pyridine rings is 1. The van der Waals surface area contributed by atoms with Crippen LogP contribution < -0.4 is 10.1 Å². The fourth-order valence-electron chi connectivity index (χ4n) is 2.79. The van der Waals surface area contributed by atoms with Crippen molar-refractivity contribution >= 4 is 11.9 Å². The van der Waals surface area contributed by atoms with Crippen LogP contribution in [0.5, 0.6) is 5.75 Å². The van der Waals surface area contributed by atoms with Crippen LogP contribution in [0, 0.1) is 5.41 Å². The zero-order valence-electron chi connectivity index (χ0n) is 12.3. The Morgan fingerprint density at radius 3 is 2.90 bits per heavy atom. The first-order valence-corrected chi connectivity index (χ1v) is 7.01. The molecule has 1 heterocycles. The number of carboxylic acid groups (broad SMARTS) is 1. The molecule has 1 aliphatic rings. The van der Waals surface area contributed by atoms with E-state index in [-0.39, 0.29) is 11.9 Å². The number of carbonyl (C=O) groups is 2. The molecule has 1 aromatic rings. The number of nitrogens with zero attached hydrogens (tertiary/aromatic N) is 1. The van der Waals surface area contributed by atoms with Gasteiger partial charge in [0.25, 0.3) is 5.91 Å². The SMILES string of the molecule is COc1cnccc1C(=O)NC1CCCCC1(C)C(=O)O. The molecule has 114 valence electrons. The highest BCUT2D eigenvalue weighted by Crippen LogP contribution is 2.36. The molecule has 2 rings (SSSR count). The van der Waals surface area contributed by atoms with Gasteiger partial charge in [0.2, 0.25) is 0 Å². The Hall–Kier alpha value is -2.11. The van der Waals surface area contributed by atoms with Crippen LogP contribution in [-0.4, -0.2) is 35.1 Å². The van der Waals surface area contributed by atoms with Crippen LogP contribution >= 0.6 is 0 Å². The summed E-state index contributed by atoms with van der Waals surface area (Å²) in [6.07, 6.45) is 6.00. The minimum Gasteiger partial charge on any atom is -0.494 e. The zero-order chi connectivity index (χ0) is 15.5. The summed E-state index contributed by atoms with van der Waals surface area (Å²) in [4.78, 5) is 27.8. The molecule has 2 N–H and O–H groups in total. The summed E-state index contributed by atoms with van der Waals surface area (Å²) < 4.78 is 5.12. The number of amides is 1. The minimum atomic E-state index is -0.922. The van der Waals surface area contributed by atoms with Gasteiger partial charge in [-0.2, -0.15) is 0 Å². The quantitative estimate of drug-likeness (QED) is 0.884. The van der Waals surface area contributed by atoms with E-state index < -0.39 is 11.4 Å². The number of aliphatic carboxylic acids is 1. The van der Waals surface area contributed by atoms with E-state index in [1.807, 2.05) is 0 Å². The molecule has 1 aliphatic carbocycles. The predicted molar refractivity (Wildman–Crippen MR) is 76.3 cm³/mol. The van der Waals surface area contributed by atoms with Crippen LogP contribution in [0.25, 0.3) is 0 Å². The summed E-state index contributed by atoms with van der Waals surface area (Å²) in [5.74, 6) is -0.814. The van der Waals surface area contributed by atoms with E-state index in [2.05, 4.69) is 10.3 Å². The maximum atomic E-state index is 12.4. The third-order valence-corrected chi connectivity index (χ3v) is 4.25. The average Bonchev–Trinajstić information content (AvgIpc) is 2.49. The van der Waals surface area contributed by atoms with E-state index in [0.29, 0.717) is 24.2 Å². The second kappa shape index (κ2) is 6.11. The van der Waals surface area contributed by atoms with Crippen LogP contribution in [0.1, 0.15) is 43.0 Å². The van der Waals surface area contributed by atoms with Crippen molar-refractivity contribution in [1.29, 1.82) is 0 Å². The lowest BCUT2D eigenvalue weighted by Gasteiger charge is -2.38. The molecule has 0 radical (unpaired) electrons. The normalized spacial score (nSPS) is 25.1. The van der Waals surface area contributed by atoms with Gasteiger partial charge in [0, 0.05) is 12.2 Å². The first-order chi connectivity index (χ1) is 9.99. The van der Waals surface area contributed by atoms with Crippen LogP contribution in [0.15, 0.2) is 18.5 Å². The number of rotatable bonds is 4. The fraction of sp³-hybridized carbons (Fsp3) is 0.533. The molecule has 21 heavy (non-hydrogen) atoms. The molecular formula is C15H20N2O4. The third-order valence-electron chi connectivity index (χ3n) is 4.25. The standard InChI is InChI=1S/C15H20N2O4/c1-15(14(19)20)7-4-3-5-12(15)17-13(18)10-6-8-16-9-11(10)21-2/h6,8-9,12H,3-5,7H2,1-2H3,(H,17,18)(H,19,20). The van der Waals surface area contributed by atoms with E-state index in [1.54, 1.807) is 13.0 Å². The van der Waals surface area contributed by atoms with E-state index >= 15 is 0 Å². The largest absolute Gasteiger partial charge is 0.494 e. The van der Waals surface area contributed by atoms with E-state index in [0.717, 1.165) is 12.8 Å². The lowest BCUT2D eigenvalue weighted by Crippen LogP contribution is -2.52. The lowest BCUT2D eigenvalue weighted by molar-refractivity contribution is -0.151. The van der Waals surface area contributed by atoms with Crippen molar-refractivity contribution in [3.05, 3.63) is 24.0 Å². The second-order valence-corrected chi connectivity index (χ2v) is 5.57. The molecule has 6 nitrogen and oxygen atoms in total. The van der Waals surface area contributed by atoms with Gasteiger partial charge < -0.3 is 15.2 Å². The minimum absolute atomic E-state index is 0.325. The molecule has 1 saturated carbocycles. The highest BCUT2D eigenvalue weighted by molar-refractivity contribution is 5.97. The molecule has 0 aromatic carbocycles. The molecular weight excluding hydrogens is 272 g/mol. The maximum absolute atomic E-state index is 12.4. The van der Waals surface area contributed by atoms with Gasteiger partial charge in [0.1, 0.15) is 5.75 Å². The summed E-state index contributed by atoms with van der Waals surface area (Å²) in [6.45, 7) is 1.70. The Kier molecular flexibility index (Phi) is 4.45. The second-order valence-electron chi connectivity index (χ2n) is 5.57. The number of carboxylic acids is 1. The van der Waals surface area contributed by atoms with Crippen LogP contribution in [-0.2, 0) is 4.79 Å². The highest BCUT2D eigenvalue weighted by Gasteiger charge is 2.44.